The maximum Gasteiger partial charge on any atom is 0.337 e. The van der Waals surface area contributed by atoms with Crippen LogP contribution in [0.1, 0.15) is 29.8 Å². The molecule has 2 rings (SSSR count). The Morgan fingerprint density at radius 3 is 2.45 bits per heavy atom. The average molecular weight is 319 g/mol. The predicted octanol–water partition coefficient (Wildman–Crippen LogP) is 3.17. The second-order valence-corrected chi connectivity index (χ2v) is 6.29. The van der Waals surface area contributed by atoms with Crippen molar-refractivity contribution >= 4 is 35.0 Å². The molecule has 0 N–H and O–H groups in total. The summed E-state index contributed by atoms with van der Waals surface area (Å²) >= 11 is 0.941. The standard InChI is InChI=1S/C16H17NO4S/c1-10(2)9-17-14(18)13(22-16(17)20)8-11-4-6-12(7-5-11)15(19)21-3/h4-8,10H,9H2,1-3H3/b13-8-. The molecule has 1 aromatic rings. The van der Waals surface area contributed by atoms with Gasteiger partial charge in [0.15, 0.2) is 0 Å². The van der Waals surface area contributed by atoms with Gasteiger partial charge >= 0.3 is 5.97 Å². The minimum Gasteiger partial charge on any atom is -0.465 e. The summed E-state index contributed by atoms with van der Waals surface area (Å²) in [4.78, 5) is 37.1. The molecule has 1 fully saturated rings. The van der Waals surface area contributed by atoms with E-state index >= 15 is 0 Å². The summed E-state index contributed by atoms with van der Waals surface area (Å²) in [7, 11) is 1.32. The molecule has 1 aliphatic heterocycles. The third kappa shape index (κ3) is 3.57. The first-order valence-corrected chi connectivity index (χ1v) is 7.67. The summed E-state index contributed by atoms with van der Waals surface area (Å²) in [5, 5.41) is -0.240. The number of ether oxygens (including phenoxy) is 1. The van der Waals surface area contributed by atoms with Crippen molar-refractivity contribution in [3.63, 3.8) is 0 Å². The molecule has 1 saturated heterocycles. The summed E-state index contributed by atoms with van der Waals surface area (Å²) < 4.78 is 4.63. The highest BCUT2D eigenvalue weighted by molar-refractivity contribution is 8.18. The van der Waals surface area contributed by atoms with E-state index < -0.39 is 5.97 Å². The lowest BCUT2D eigenvalue weighted by molar-refractivity contribution is -0.123. The van der Waals surface area contributed by atoms with E-state index in [-0.39, 0.29) is 17.1 Å². The van der Waals surface area contributed by atoms with Crippen LogP contribution in [0.15, 0.2) is 29.2 Å². The van der Waals surface area contributed by atoms with Gasteiger partial charge in [-0.1, -0.05) is 26.0 Å². The Labute approximate surface area is 133 Å². The third-order valence-electron chi connectivity index (χ3n) is 3.05. The van der Waals surface area contributed by atoms with Crippen molar-refractivity contribution in [2.24, 2.45) is 5.92 Å². The van der Waals surface area contributed by atoms with Crippen LogP contribution in [0.5, 0.6) is 0 Å². The SMILES string of the molecule is COC(=O)c1ccc(/C=C2\SC(=O)N(CC(C)C)C2=O)cc1. The largest absolute Gasteiger partial charge is 0.465 e. The van der Waals surface area contributed by atoms with Gasteiger partial charge in [-0.2, -0.15) is 0 Å². The minimum atomic E-state index is -0.413. The zero-order chi connectivity index (χ0) is 16.3. The van der Waals surface area contributed by atoms with Crippen molar-refractivity contribution < 1.29 is 19.1 Å². The number of benzene rings is 1. The van der Waals surface area contributed by atoms with Crippen LogP contribution in [-0.2, 0) is 9.53 Å². The maximum absolute atomic E-state index is 12.2. The van der Waals surface area contributed by atoms with Gasteiger partial charge in [0, 0.05) is 6.54 Å². The fourth-order valence-corrected chi connectivity index (χ4v) is 2.86. The molecule has 5 nitrogen and oxygen atoms in total. The van der Waals surface area contributed by atoms with Crippen LogP contribution in [0.2, 0.25) is 0 Å². The van der Waals surface area contributed by atoms with Gasteiger partial charge in [-0.05, 0) is 41.5 Å². The Balaban J connectivity index is 2.18. The number of amides is 2. The molecule has 1 heterocycles. The molecular formula is C16H17NO4S. The molecule has 0 bridgehead atoms. The van der Waals surface area contributed by atoms with E-state index in [1.165, 1.54) is 12.0 Å². The molecule has 0 unspecified atom stereocenters. The Hall–Kier alpha value is -2.08. The molecule has 0 saturated carbocycles. The highest BCUT2D eigenvalue weighted by Gasteiger charge is 2.35. The fourth-order valence-electron chi connectivity index (χ4n) is 2.01. The second kappa shape index (κ2) is 6.79. The smallest absolute Gasteiger partial charge is 0.337 e. The molecule has 0 spiro atoms. The molecular weight excluding hydrogens is 302 g/mol. The average Bonchev–Trinajstić information content (AvgIpc) is 2.74. The number of hydrogen-bond acceptors (Lipinski definition) is 5. The second-order valence-electron chi connectivity index (χ2n) is 5.30. The van der Waals surface area contributed by atoms with Crippen molar-refractivity contribution in [2.45, 2.75) is 13.8 Å². The summed E-state index contributed by atoms with van der Waals surface area (Å²) in [5.41, 5.74) is 1.19. The Kier molecular flexibility index (Phi) is 5.03. The number of imide groups is 1. The summed E-state index contributed by atoms with van der Waals surface area (Å²) in [5.74, 6) is -0.447. The molecule has 0 aromatic heterocycles. The summed E-state index contributed by atoms with van der Waals surface area (Å²) in [6.07, 6.45) is 1.66. The maximum atomic E-state index is 12.2. The molecule has 0 radical (unpaired) electrons. The molecule has 6 heteroatoms. The Bertz CT molecular complexity index is 634. The first kappa shape index (κ1) is 16.3. The van der Waals surface area contributed by atoms with E-state index in [1.807, 2.05) is 13.8 Å². The van der Waals surface area contributed by atoms with Crippen LogP contribution in [0, 0.1) is 5.92 Å². The van der Waals surface area contributed by atoms with Crippen molar-refractivity contribution in [3.8, 4) is 0 Å². The highest BCUT2D eigenvalue weighted by atomic mass is 32.2. The highest BCUT2D eigenvalue weighted by Crippen LogP contribution is 2.32. The zero-order valence-corrected chi connectivity index (χ0v) is 13.5. The number of esters is 1. The van der Waals surface area contributed by atoms with Gasteiger partial charge < -0.3 is 4.74 Å². The van der Waals surface area contributed by atoms with Crippen LogP contribution in [0.25, 0.3) is 6.08 Å². The molecule has 0 atom stereocenters. The normalized spacial score (nSPS) is 16.7. The van der Waals surface area contributed by atoms with Gasteiger partial charge in [-0.15, -0.1) is 0 Å². The van der Waals surface area contributed by atoms with Crippen LogP contribution in [0.4, 0.5) is 4.79 Å². The molecule has 1 aliphatic rings. The fraction of sp³-hybridized carbons (Fsp3) is 0.312. The molecule has 116 valence electrons. The van der Waals surface area contributed by atoms with E-state index in [4.69, 9.17) is 0 Å². The number of carbonyl (C=O) groups is 3. The minimum absolute atomic E-state index is 0.229. The summed E-state index contributed by atoms with van der Waals surface area (Å²) in [6.45, 7) is 4.33. The van der Waals surface area contributed by atoms with Gasteiger partial charge in [0.05, 0.1) is 17.6 Å². The Morgan fingerprint density at radius 1 is 1.27 bits per heavy atom. The lowest BCUT2D eigenvalue weighted by atomic mass is 10.1. The molecule has 22 heavy (non-hydrogen) atoms. The number of thioether (sulfide) groups is 1. The van der Waals surface area contributed by atoms with Gasteiger partial charge in [0.1, 0.15) is 0 Å². The van der Waals surface area contributed by atoms with Crippen LogP contribution >= 0.6 is 11.8 Å². The van der Waals surface area contributed by atoms with Gasteiger partial charge in [-0.3, -0.25) is 14.5 Å². The number of carbonyl (C=O) groups excluding carboxylic acids is 3. The van der Waals surface area contributed by atoms with Crippen LogP contribution in [0.3, 0.4) is 0 Å². The molecule has 1 aromatic carbocycles. The molecule has 0 aliphatic carbocycles. The molecule has 2 amide bonds. The van der Waals surface area contributed by atoms with E-state index in [9.17, 15) is 14.4 Å². The first-order chi connectivity index (χ1) is 10.4. The predicted molar refractivity (Wildman–Crippen MR) is 85.3 cm³/mol. The lowest BCUT2D eigenvalue weighted by Gasteiger charge is -2.14. The van der Waals surface area contributed by atoms with Crippen molar-refractivity contribution in [1.29, 1.82) is 0 Å². The third-order valence-corrected chi connectivity index (χ3v) is 3.96. The number of methoxy groups -OCH3 is 1. The van der Waals surface area contributed by atoms with Crippen molar-refractivity contribution in [3.05, 3.63) is 40.3 Å². The van der Waals surface area contributed by atoms with E-state index in [2.05, 4.69) is 4.74 Å². The van der Waals surface area contributed by atoms with Crippen molar-refractivity contribution in [1.82, 2.24) is 4.90 Å². The summed E-state index contributed by atoms with van der Waals surface area (Å²) in [6, 6.07) is 6.66. The van der Waals surface area contributed by atoms with Gasteiger partial charge in [-0.25, -0.2) is 4.79 Å². The van der Waals surface area contributed by atoms with E-state index in [0.29, 0.717) is 17.0 Å². The van der Waals surface area contributed by atoms with Crippen LogP contribution in [-0.4, -0.2) is 35.7 Å². The quantitative estimate of drug-likeness (QED) is 0.630. The number of nitrogens with zero attached hydrogens (tertiary/aromatic N) is 1. The topological polar surface area (TPSA) is 63.7 Å². The van der Waals surface area contributed by atoms with E-state index in [0.717, 1.165) is 17.3 Å². The van der Waals surface area contributed by atoms with Crippen LogP contribution < -0.4 is 0 Å². The van der Waals surface area contributed by atoms with Gasteiger partial charge in [0.25, 0.3) is 11.1 Å². The van der Waals surface area contributed by atoms with E-state index in [1.54, 1.807) is 30.3 Å². The zero-order valence-electron chi connectivity index (χ0n) is 12.7. The monoisotopic (exact) mass is 319 g/mol. The first-order valence-electron chi connectivity index (χ1n) is 6.86. The number of rotatable bonds is 4. The Morgan fingerprint density at radius 2 is 1.91 bits per heavy atom. The number of hydrogen-bond donors (Lipinski definition) is 0. The van der Waals surface area contributed by atoms with Gasteiger partial charge in [0.2, 0.25) is 0 Å². The lowest BCUT2D eigenvalue weighted by Crippen LogP contribution is -2.31. The van der Waals surface area contributed by atoms with Crippen molar-refractivity contribution in [2.75, 3.05) is 13.7 Å².